The van der Waals surface area contributed by atoms with Gasteiger partial charge in [-0.15, -0.1) is 0 Å². The second-order valence-electron chi connectivity index (χ2n) is 9.18. The largest absolute Gasteiger partial charge is 0.351 e. The number of nitrogens with zero attached hydrogens (tertiary/aromatic N) is 2. The average Bonchev–Trinajstić information content (AvgIpc) is 2.75. The predicted octanol–water partition coefficient (Wildman–Crippen LogP) is 5.37. The number of carbonyl (C=O) groups is 1. The zero-order valence-corrected chi connectivity index (χ0v) is 18.6. The summed E-state index contributed by atoms with van der Waals surface area (Å²) in [6, 6.07) is 24.3. The van der Waals surface area contributed by atoms with Crippen molar-refractivity contribution in [3.8, 4) is 11.3 Å². The summed E-state index contributed by atoms with van der Waals surface area (Å²) in [6.45, 7) is 5.83. The van der Waals surface area contributed by atoms with Crippen LogP contribution in [0.1, 0.15) is 24.2 Å². The Morgan fingerprint density at radius 3 is 2.39 bits per heavy atom. The minimum atomic E-state index is -0.0630. The number of pyridine rings is 1. The van der Waals surface area contributed by atoms with Crippen molar-refractivity contribution in [2.75, 3.05) is 27.2 Å². The Bertz CT molecular complexity index is 1240. The van der Waals surface area contributed by atoms with Crippen LogP contribution in [-0.4, -0.2) is 43.0 Å². The molecule has 4 rings (SSSR count). The summed E-state index contributed by atoms with van der Waals surface area (Å²) in [6.07, 6.45) is 0. The molecule has 1 N–H and O–H groups in total. The molecule has 4 nitrogen and oxygen atoms in total. The van der Waals surface area contributed by atoms with E-state index < -0.39 is 0 Å². The molecule has 31 heavy (non-hydrogen) atoms. The molecular weight excluding hydrogens is 382 g/mol. The zero-order chi connectivity index (χ0) is 22.0. The molecule has 0 aliphatic carbocycles. The number of amides is 1. The number of para-hydroxylation sites is 1. The van der Waals surface area contributed by atoms with E-state index in [0.717, 1.165) is 39.5 Å². The van der Waals surface area contributed by atoms with E-state index in [-0.39, 0.29) is 11.3 Å². The van der Waals surface area contributed by atoms with Gasteiger partial charge in [0.05, 0.1) is 16.8 Å². The highest BCUT2D eigenvalue weighted by Crippen LogP contribution is 2.30. The molecule has 1 amide bonds. The van der Waals surface area contributed by atoms with Crippen LogP contribution in [0.5, 0.6) is 0 Å². The van der Waals surface area contributed by atoms with E-state index in [1.165, 1.54) is 0 Å². The Balaban J connectivity index is 1.76. The molecule has 1 heterocycles. The lowest BCUT2D eigenvalue weighted by molar-refractivity contribution is 0.0931. The second-order valence-corrected chi connectivity index (χ2v) is 9.18. The number of fused-ring (bicyclic) bond motifs is 2. The molecular formula is C27H29N3O. The van der Waals surface area contributed by atoms with Crippen molar-refractivity contribution < 1.29 is 4.79 Å². The third-order valence-corrected chi connectivity index (χ3v) is 5.50. The van der Waals surface area contributed by atoms with E-state index in [1.54, 1.807) is 0 Å². The topological polar surface area (TPSA) is 45.2 Å². The van der Waals surface area contributed by atoms with Crippen molar-refractivity contribution in [3.05, 3.63) is 78.4 Å². The first-order valence-electron chi connectivity index (χ1n) is 10.6. The number of nitrogens with one attached hydrogen (secondary N) is 1. The van der Waals surface area contributed by atoms with Crippen LogP contribution in [-0.2, 0) is 0 Å². The van der Waals surface area contributed by atoms with Gasteiger partial charge in [0.1, 0.15) is 0 Å². The Labute approximate surface area is 183 Å². The van der Waals surface area contributed by atoms with Gasteiger partial charge in [-0.3, -0.25) is 4.79 Å². The van der Waals surface area contributed by atoms with Gasteiger partial charge < -0.3 is 10.2 Å². The van der Waals surface area contributed by atoms with Crippen LogP contribution in [0.4, 0.5) is 0 Å². The molecule has 3 aromatic carbocycles. The van der Waals surface area contributed by atoms with Crippen molar-refractivity contribution >= 4 is 27.6 Å². The van der Waals surface area contributed by atoms with Crippen LogP contribution in [0.3, 0.4) is 0 Å². The maximum atomic E-state index is 13.3. The number of hydrogen-bond acceptors (Lipinski definition) is 3. The van der Waals surface area contributed by atoms with E-state index in [4.69, 9.17) is 4.98 Å². The standard InChI is InChI=1S/C27H29N3O/c1-27(2,18-30(3)4)17-28-26(31)23-16-25(29-24-15-8-7-13-22(23)24)21-14-9-11-19-10-5-6-12-20(19)21/h5-16H,17-18H2,1-4H3,(H,28,31). The van der Waals surface area contributed by atoms with Gasteiger partial charge >= 0.3 is 0 Å². The Kier molecular flexibility index (Phi) is 5.75. The number of aromatic nitrogens is 1. The third kappa shape index (κ3) is 4.59. The minimum absolute atomic E-state index is 0.0273. The molecule has 0 fully saturated rings. The molecule has 4 heteroatoms. The van der Waals surface area contributed by atoms with Gasteiger partial charge in [0.15, 0.2) is 0 Å². The summed E-state index contributed by atoms with van der Waals surface area (Å²) in [5, 5.41) is 6.32. The quantitative estimate of drug-likeness (QED) is 0.464. The van der Waals surface area contributed by atoms with Gasteiger partial charge in [0, 0.05) is 24.0 Å². The Hall–Kier alpha value is -3.24. The zero-order valence-electron chi connectivity index (χ0n) is 18.6. The molecule has 0 aliphatic rings. The van der Waals surface area contributed by atoms with Gasteiger partial charge in [-0.1, -0.05) is 74.5 Å². The maximum absolute atomic E-state index is 13.3. The lowest BCUT2D eigenvalue weighted by Crippen LogP contribution is -2.40. The molecule has 0 spiro atoms. The van der Waals surface area contributed by atoms with Crippen LogP contribution < -0.4 is 5.32 Å². The molecule has 0 unspecified atom stereocenters. The molecule has 0 saturated carbocycles. The molecule has 1 aromatic heterocycles. The minimum Gasteiger partial charge on any atom is -0.351 e. The first-order valence-corrected chi connectivity index (χ1v) is 10.6. The first-order chi connectivity index (χ1) is 14.8. The Morgan fingerprint density at radius 2 is 1.61 bits per heavy atom. The molecule has 158 valence electrons. The lowest BCUT2D eigenvalue weighted by Gasteiger charge is -2.28. The van der Waals surface area contributed by atoms with Gasteiger partial charge in [-0.25, -0.2) is 4.98 Å². The third-order valence-electron chi connectivity index (χ3n) is 5.50. The Morgan fingerprint density at radius 1 is 0.935 bits per heavy atom. The summed E-state index contributed by atoms with van der Waals surface area (Å²) in [5.74, 6) is -0.0630. The second kappa shape index (κ2) is 8.48. The van der Waals surface area contributed by atoms with Crippen LogP contribution in [0, 0.1) is 5.41 Å². The van der Waals surface area contributed by atoms with E-state index in [0.29, 0.717) is 12.1 Å². The average molecular weight is 412 g/mol. The fourth-order valence-corrected chi connectivity index (χ4v) is 4.28. The highest BCUT2D eigenvalue weighted by atomic mass is 16.1. The molecule has 4 aromatic rings. The van der Waals surface area contributed by atoms with E-state index >= 15 is 0 Å². The maximum Gasteiger partial charge on any atom is 0.252 e. The van der Waals surface area contributed by atoms with E-state index in [1.807, 2.05) is 48.5 Å². The van der Waals surface area contributed by atoms with Gasteiger partial charge in [-0.2, -0.15) is 0 Å². The summed E-state index contributed by atoms with van der Waals surface area (Å²) in [5.41, 5.74) is 3.30. The summed E-state index contributed by atoms with van der Waals surface area (Å²) in [7, 11) is 4.10. The predicted molar refractivity (Wildman–Crippen MR) is 129 cm³/mol. The van der Waals surface area contributed by atoms with Crippen LogP contribution in [0.2, 0.25) is 0 Å². The SMILES string of the molecule is CN(C)CC(C)(C)CNC(=O)c1cc(-c2cccc3ccccc23)nc2ccccc12. The van der Waals surface area contributed by atoms with E-state index in [9.17, 15) is 4.79 Å². The first kappa shape index (κ1) is 21.0. The number of rotatable bonds is 6. The normalized spacial score (nSPS) is 11.9. The lowest BCUT2D eigenvalue weighted by atomic mass is 9.92. The smallest absolute Gasteiger partial charge is 0.252 e. The van der Waals surface area contributed by atoms with Gasteiger partial charge in [0.2, 0.25) is 0 Å². The van der Waals surface area contributed by atoms with Crippen LogP contribution in [0.15, 0.2) is 72.8 Å². The fourth-order valence-electron chi connectivity index (χ4n) is 4.28. The van der Waals surface area contributed by atoms with Crippen molar-refractivity contribution in [2.45, 2.75) is 13.8 Å². The molecule has 0 saturated heterocycles. The highest BCUT2D eigenvalue weighted by molar-refractivity contribution is 6.08. The molecule has 0 bridgehead atoms. The van der Waals surface area contributed by atoms with Crippen LogP contribution in [0.25, 0.3) is 32.9 Å². The fraction of sp³-hybridized carbons (Fsp3) is 0.259. The molecule has 0 atom stereocenters. The van der Waals surface area contributed by atoms with Crippen LogP contribution >= 0.6 is 0 Å². The summed E-state index contributed by atoms with van der Waals surface area (Å²) in [4.78, 5) is 20.3. The van der Waals surface area contributed by atoms with Crippen molar-refractivity contribution in [2.24, 2.45) is 5.41 Å². The number of hydrogen-bond donors (Lipinski definition) is 1. The highest BCUT2D eigenvalue weighted by Gasteiger charge is 2.21. The van der Waals surface area contributed by atoms with Gasteiger partial charge in [-0.05, 0) is 42.4 Å². The van der Waals surface area contributed by atoms with Gasteiger partial charge in [0.25, 0.3) is 5.91 Å². The molecule has 0 radical (unpaired) electrons. The number of carbonyl (C=O) groups excluding carboxylic acids is 1. The van der Waals surface area contributed by atoms with Crippen molar-refractivity contribution in [1.29, 1.82) is 0 Å². The van der Waals surface area contributed by atoms with E-state index in [2.05, 4.69) is 62.4 Å². The van der Waals surface area contributed by atoms with Crippen molar-refractivity contribution in [1.82, 2.24) is 15.2 Å². The number of benzene rings is 3. The van der Waals surface area contributed by atoms with Crippen molar-refractivity contribution in [3.63, 3.8) is 0 Å². The molecule has 0 aliphatic heterocycles. The summed E-state index contributed by atoms with van der Waals surface area (Å²) < 4.78 is 0. The summed E-state index contributed by atoms with van der Waals surface area (Å²) >= 11 is 0. The monoisotopic (exact) mass is 411 g/mol.